The van der Waals surface area contributed by atoms with E-state index in [1.54, 1.807) is 4.90 Å². The average Bonchev–Trinajstić information content (AvgIpc) is 3.27. The smallest absolute Gasteiger partial charge is 0.278 e. The van der Waals surface area contributed by atoms with Crippen LogP contribution in [0.3, 0.4) is 0 Å². The van der Waals surface area contributed by atoms with E-state index in [0.717, 1.165) is 63.5 Å². The molecule has 2 atom stereocenters. The van der Waals surface area contributed by atoms with Crippen molar-refractivity contribution in [2.75, 3.05) is 33.0 Å². The Morgan fingerprint density at radius 2 is 1.90 bits per heavy atom. The summed E-state index contributed by atoms with van der Waals surface area (Å²) in [6.07, 6.45) is 3.31. The minimum atomic E-state index is -0.0128. The van der Waals surface area contributed by atoms with Gasteiger partial charge in [-0.15, -0.1) is 0 Å². The van der Waals surface area contributed by atoms with E-state index in [4.69, 9.17) is 9.47 Å². The summed E-state index contributed by atoms with van der Waals surface area (Å²) < 4.78 is 10.9. The number of carbonyl (C=O) groups is 1. The fourth-order valence-electron chi connectivity index (χ4n) is 5.26. The molecule has 3 aliphatic rings. The molecular formula is C25H33N3O3+2. The summed E-state index contributed by atoms with van der Waals surface area (Å²) in [7, 11) is 0. The molecule has 2 aliphatic heterocycles. The zero-order valence-corrected chi connectivity index (χ0v) is 18.3. The molecule has 1 saturated heterocycles. The summed E-state index contributed by atoms with van der Waals surface area (Å²) in [6.45, 7) is 7.60. The van der Waals surface area contributed by atoms with Gasteiger partial charge in [0.25, 0.3) is 5.91 Å². The standard InChI is InChI=1S/C25H31N3O3/c1-18(25(29)26-22-8-4-6-20-5-2-3-7-21(20)22)28-13-11-27(12-14-28)16-19-9-10-23-24(15-19)31-17-30-23/h2-3,5,7,9-10,15,18,22H,4,6,8,11-14,16-17H2,1H3,(H,26,29)/p+2/t18-,22+/m1/s1. The van der Waals surface area contributed by atoms with Gasteiger partial charge < -0.3 is 24.6 Å². The number of amides is 1. The fraction of sp³-hybridized carbons (Fsp3) is 0.480. The minimum Gasteiger partial charge on any atom is -0.454 e. The number of piperazine rings is 1. The topological polar surface area (TPSA) is 56.4 Å². The summed E-state index contributed by atoms with van der Waals surface area (Å²) in [5, 5.41) is 3.35. The molecule has 5 rings (SSSR count). The number of rotatable bonds is 5. The Morgan fingerprint density at radius 1 is 1.10 bits per heavy atom. The van der Waals surface area contributed by atoms with Crippen LogP contribution >= 0.6 is 0 Å². The van der Waals surface area contributed by atoms with E-state index in [0.29, 0.717) is 6.79 Å². The minimum absolute atomic E-state index is 0.0128. The molecule has 164 valence electrons. The van der Waals surface area contributed by atoms with Crippen LogP contribution in [0.5, 0.6) is 11.5 Å². The number of carbonyl (C=O) groups excluding carboxylic acids is 1. The van der Waals surface area contributed by atoms with Crippen LogP contribution in [0.2, 0.25) is 0 Å². The molecule has 0 saturated carbocycles. The molecule has 0 aromatic heterocycles. The van der Waals surface area contributed by atoms with Crippen LogP contribution in [0.4, 0.5) is 0 Å². The van der Waals surface area contributed by atoms with E-state index in [-0.39, 0.29) is 18.0 Å². The number of ether oxygens (including phenoxy) is 2. The molecule has 31 heavy (non-hydrogen) atoms. The summed E-state index contributed by atoms with van der Waals surface area (Å²) in [6, 6.07) is 15.0. The SMILES string of the molecule is C[C@H](C(=O)N[C@H]1CCCc2ccccc21)[NH+]1CC[NH+](Cc2ccc3c(c2)OCO3)CC1. The van der Waals surface area contributed by atoms with E-state index < -0.39 is 0 Å². The van der Waals surface area contributed by atoms with Gasteiger partial charge in [-0.1, -0.05) is 24.3 Å². The van der Waals surface area contributed by atoms with Crippen LogP contribution < -0.4 is 24.6 Å². The Balaban J connectivity index is 1.13. The molecule has 0 unspecified atom stereocenters. The number of nitrogens with one attached hydrogen (secondary N) is 3. The Hall–Kier alpha value is -2.57. The number of quaternary nitrogens is 2. The van der Waals surface area contributed by atoms with Crippen molar-refractivity contribution in [1.82, 2.24) is 5.32 Å². The van der Waals surface area contributed by atoms with Crippen LogP contribution in [0.15, 0.2) is 42.5 Å². The third-order valence-corrected chi connectivity index (χ3v) is 7.18. The maximum Gasteiger partial charge on any atom is 0.278 e. The van der Waals surface area contributed by atoms with E-state index in [2.05, 4.69) is 48.6 Å². The van der Waals surface area contributed by atoms with Gasteiger partial charge in [-0.2, -0.15) is 0 Å². The highest BCUT2D eigenvalue weighted by Gasteiger charge is 2.33. The van der Waals surface area contributed by atoms with Crippen LogP contribution in [-0.2, 0) is 17.8 Å². The Bertz CT molecular complexity index is 939. The van der Waals surface area contributed by atoms with Gasteiger partial charge in [0.1, 0.15) is 32.7 Å². The molecule has 1 aliphatic carbocycles. The monoisotopic (exact) mass is 423 g/mol. The second-order valence-electron chi connectivity index (χ2n) is 9.15. The maximum atomic E-state index is 13.0. The lowest BCUT2D eigenvalue weighted by Gasteiger charge is -2.34. The van der Waals surface area contributed by atoms with Crippen molar-refractivity contribution in [2.24, 2.45) is 0 Å². The highest BCUT2D eigenvalue weighted by Crippen LogP contribution is 2.32. The number of fused-ring (bicyclic) bond motifs is 2. The van der Waals surface area contributed by atoms with Gasteiger partial charge in [-0.25, -0.2) is 0 Å². The predicted octanol–water partition coefficient (Wildman–Crippen LogP) is 0.281. The van der Waals surface area contributed by atoms with Crippen molar-refractivity contribution in [3.8, 4) is 11.5 Å². The van der Waals surface area contributed by atoms with Crippen LogP contribution in [0.25, 0.3) is 0 Å². The second kappa shape index (κ2) is 8.89. The quantitative estimate of drug-likeness (QED) is 0.648. The largest absolute Gasteiger partial charge is 0.454 e. The van der Waals surface area contributed by atoms with Gasteiger partial charge in [-0.3, -0.25) is 4.79 Å². The average molecular weight is 424 g/mol. The fourth-order valence-corrected chi connectivity index (χ4v) is 5.26. The van der Waals surface area contributed by atoms with Crippen molar-refractivity contribution in [3.63, 3.8) is 0 Å². The molecule has 2 aromatic rings. The second-order valence-corrected chi connectivity index (χ2v) is 9.15. The molecule has 2 heterocycles. The lowest BCUT2D eigenvalue weighted by atomic mass is 9.87. The first kappa shape index (κ1) is 20.3. The van der Waals surface area contributed by atoms with Gasteiger partial charge in [0.15, 0.2) is 17.5 Å². The molecule has 1 amide bonds. The first-order valence-electron chi connectivity index (χ1n) is 11.6. The number of benzene rings is 2. The van der Waals surface area contributed by atoms with Crippen molar-refractivity contribution >= 4 is 5.91 Å². The highest BCUT2D eigenvalue weighted by atomic mass is 16.7. The molecule has 3 N–H and O–H groups in total. The number of hydrogen-bond acceptors (Lipinski definition) is 3. The molecular weight excluding hydrogens is 390 g/mol. The van der Waals surface area contributed by atoms with E-state index >= 15 is 0 Å². The molecule has 0 bridgehead atoms. The van der Waals surface area contributed by atoms with Crippen LogP contribution in [0.1, 0.15) is 42.5 Å². The van der Waals surface area contributed by atoms with Crippen molar-refractivity contribution in [3.05, 3.63) is 59.2 Å². The predicted molar refractivity (Wildman–Crippen MR) is 117 cm³/mol. The lowest BCUT2D eigenvalue weighted by molar-refractivity contribution is -1.02. The Morgan fingerprint density at radius 3 is 2.77 bits per heavy atom. The molecule has 1 fully saturated rings. The van der Waals surface area contributed by atoms with E-state index in [1.807, 2.05) is 6.07 Å². The molecule has 6 nitrogen and oxygen atoms in total. The van der Waals surface area contributed by atoms with Crippen molar-refractivity contribution in [1.29, 1.82) is 0 Å². The molecule has 6 heteroatoms. The van der Waals surface area contributed by atoms with E-state index in [1.165, 1.54) is 21.6 Å². The van der Waals surface area contributed by atoms with Gasteiger partial charge in [0.05, 0.1) is 6.04 Å². The summed E-state index contributed by atoms with van der Waals surface area (Å²) in [5.41, 5.74) is 3.98. The van der Waals surface area contributed by atoms with Gasteiger partial charge in [0, 0.05) is 5.56 Å². The first-order chi connectivity index (χ1) is 15.2. The van der Waals surface area contributed by atoms with Crippen LogP contribution in [0, 0.1) is 0 Å². The van der Waals surface area contributed by atoms with Gasteiger partial charge >= 0.3 is 0 Å². The maximum absolute atomic E-state index is 13.0. The number of aryl methyl sites for hydroxylation is 1. The van der Waals surface area contributed by atoms with Crippen molar-refractivity contribution < 1.29 is 24.1 Å². The number of hydrogen-bond donors (Lipinski definition) is 3. The third kappa shape index (κ3) is 4.41. The van der Waals surface area contributed by atoms with Crippen LogP contribution in [-0.4, -0.2) is 44.9 Å². The zero-order chi connectivity index (χ0) is 21.2. The third-order valence-electron chi connectivity index (χ3n) is 7.18. The Labute approximate surface area is 184 Å². The highest BCUT2D eigenvalue weighted by molar-refractivity contribution is 5.80. The summed E-state index contributed by atoms with van der Waals surface area (Å²) in [5.74, 6) is 1.89. The first-order valence-corrected chi connectivity index (χ1v) is 11.6. The van der Waals surface area contributed by atoms with E-state index in [9.17, 15) is 4.79 Å². The molecule has 2 aromatic carbocycles. The Kier molecular flexibility index (Phi) is 5.83. The lowest BCUT2D eigenvalue weighted by Crippen LogP contribution is -3.29. The molecule has 0 spiro atoms. The van der Waals surface area contributed by atoms with Gasteiger partial charge in [-0.05, 0) is 55.5 Å². The molecule has 0 radical (unpaired) electrons. The summed E-state index contributed by atoms with van der Waals surface area (Å²) in [4.78, 5) is 16.0. The van der Waals surface area contributed by atoms with Crippen molar-refractivity contribution in [2.45, 2.75) is 44.8 Å². The van der Waals surface area contributed by atoms with Gasteiger partial charge in [0.2, 0.25) is 6.79 Å². The zero-order valence-electron chi connectivity index (χ0n) is 18.3. The normalized spacial score (nSPS) is 25.5. The summed E-state index contributed by atoms with van der Waals surface area (Å²) >= 11 is 0.